The van der Waals surface area contributed by atoms with Gasteiger partial charge in [-0.05, 0) is 42.6 Å². The Balaban J connectivity index is 2.26. The summed E-state index contributed by atoms with van der Waals surface area (Å²) in [5.41, 5.74) is -1.10. The number of allylic oxidation sites excluding steroid dienone is 2. The van der Waals surface area contributed by atoms with Gasteiger partial charge < -0.3 is 18.7 Å². The molecular weight excluding hydrogens is 667 g/mol. The first-order valence-electron chi connectivity index (χ1n) is 16.6. The summed E-state index contributed by atoms with van der Waals surface area (Å²) in [4.78, 5) is 37.3. The van der Waals surface area contributed by atoms with Crippen molar-refractivity contribution in [2.45, 2.75) is 130 Å². The maximum atomic E-state index is 13.3. The zero-order chi connectivity index (χ0) is 33.2. The van der Waals surface area contributed by atoms with Crippen LogP contribution in [0.4, 0.5) is 4.79 Å². The van der Waals surface area contributed by atoms with Crippen molar-refractivity contribution in [2.75, 3.05) is 32.8 Å². The van der Waals surface area contributed by atoms with Gasteiger partial charge in [0.15, 0.2) is 0 Å². The maximum absolute atomic E-state index is 13.3. The molecule has 0 aromatic carbocycles. The van der Waals surface area contributed by atoms with Gasteiger partial charge in [0.05, 0.1) is 23.3 Å². The van der Waals surface area contributed by atoms with Crippen LogP contribution in [0.25, 0.3) is 0 Å². The van der Waals surface area contributed by atoms with Gasteiger partial charge in [0.2, 0.25) is 6.79 Å². The summed E-state index contributed by atoms with van der Waals surface area (Å²) >= 11 is 3.08. The van der Waals surface area contributed by atoms with Gasteiger partial charge in [0, 0.05) is 26.0 Å². The van der Waals surface area contributed by atoms with Crippen molar-refractivity contribution in [1.82, 2.24) is 9.55 Å². The largest absolute Gasteiger partial charge is 0.510 e. The minimum absolute atomic E-state index is 0.116. The zero-order valence-corrected chi connectivity index (χ0v) is 30.1. The highest BCUT2D eigenvalue weighted by Gasteiger charge is 2.24. The highest BCUT2D eigenvalue weighted by Crippen LogP contribution is 2.48. The van der Waals surface area contributed by atoms with Crippen molar-refractivity contribution in [3.05, 3.63) is 43.7 Å². The number of hydrogen-bond acceptors (Lipinski definition) is 9. The van der Waals surface area contributed by atoms with E-state index in [1.54, 1.807) is 26.0 Å². The molecule has 1 aromatic heterocycles. The van der Waals surface area contributed by atoms with E-state index >= 15 is 0 Å². The highest BCUT2D eigenvalue weighted by molar-refractivity contribution is 9.10. The quantitative estimate of drug-likeness (QED) is 0.0297. The van der Waals surface area contributed by atoms with Crippen LogP contribution in [-0.4, -0.2) is 54.6 Å². The summed E-state index contributed by atoms with van der Waals surface area (Å²) in [6.07, 6.45) is 22.0. The van der Waals surface area contributed by atoms with Gasteiger partial charge in [-0.2, -0.15) is 0 Å². The summed E-state index contributed by atoms with van der Waals surface area (Å²) < 4.78 is 41.1. The van der Waals surface area contributed by atoms with Crippen LogP contribution in [0.1, 0.15) is 117 Å². The summed E-state index contributed by atoms with van der Waals surface area (Å²) in [5, 5.41) is 0. The molecule has 1 aromatic rings. The van der Waals surface area contributed by atoms with Gasteiger partial charge in [0.1, 0.15) is 0 Å². The molecule has 11 nitrogen and oxygen atoms in total. The average Bonchev–Trinajstić information content (AvgIpc) is 2.98. The Labute approximate surface area is 277 Å². The van der Waals surface area contributed by atoms with E-state index in [0.29, 0.717) is 19.6 Å². The molecule has 0 spiro atoms. The molecule has 0 radical (unpaired) electrons. The van der Waals surface area contributed by atoms with Crippen LogP contribution in [0.3, 0.4) is 0 Å². The monoisotopic (exact) mass is 722 g/mol. The van der Waals surface area contributed by atoms with Crippen molar-refractivity contribution in [2.24, 2.45) is 0 Å². The second-order valence-electron chi connectivity index (χ2n) is 11.4. The number of unbranched alkanes of at least 4 members (excludes halogenated alkanes) is 13. The molecule has 0 aliphatic rings. The van der Waals surface area contributed by atoms with E-state index in [1.807, 2.05) is 0 Å². The first kappa shape index (κ1) is 41.3. The second-order valence-corrected chi connectivity index (χ2v) is 14.3. The number of hydrogen-bond donors (Lipinski definition) is 1. The topological polar surface area (TPSA) is 135 Å². The average molecular weight is 724 g/mol. The van der Waals surface area contributed by atoms with Crippen molar-refractivity contribution < 1.29 is 32.6 Å². The molecule has 0 aliphatic heterocycles. The molecule has 0 saturated carbocycles. The number of carbonyl (C=O) groups is 1. The van der Waals surface area contributed by atoms with Crippen molar-refractivity contribution in [3.8, 4) is 0 Å². The fourth-order valence-corrected chi connectivity index (χ4v) is 6.06. The van der Waals surface area contributed by atoms with Crippen molar-refractivity contribution in [3.63, 3.8) is 0 Å². The zero-order valence-electron chi connectivity index (χ0n) is 27.6. The van der Waals surface area contributed by atoms with Crippen molar-refractivity contribution in [1.29, 1.82) is 0 Å². The van der Waals surface area contributed by atoms with Gasteiger partial charge >= 0.3 is 19.4 Å². The van der Waals surface area contributed by atoms with E-state index < -0.39 is 31.8 Å². The smallest absolute Gasteiger partial charge is 0.432 e. The standard InChI is InChI=1S/C32H56BrN2O9P/c1-4-5-6-7-8-9-10-11-12-13-14-15-16-18-22-40-23-20-24-42-45(39,43-27-41-32(38)44-28(2)3)25-19-17-21-35-26-29(33)30(36)34-31(35)37/h17,19,26,28H,4-16,18,20-25,27H2,1-3H3,(H,34,36,37)/b19-17-. The molecule has 13 heteroatoms. The molecule has 260 valence electrons. The van der Waals surface area contributed by atoms with Gasteiger partial charge in [-0.15, -0.1) is 0 Å². The van der Waals surface area contributed by atoms with Crippen LogP contribution in [0.5, 0.6) is 0 Å². The minimum atomic E-state index is -3.68. The van der Waals surface area contributed by atoms with Gasteiger partial charge in [-0.1, -0.05) is 103 Å². The van der Waals surface area contributed by atoms with Crippen LogP contribution in [0.15, 0.2) is 32.4 Å². The molecule has 0 saturated heterocycles. The Morgan fingerprint density at radius 1 is 0.867 bits per heavy atom. The Hall–Kier alpha value is -1.72. The van der Waals surface area contributed by atoms with Gasteiger partial charge in [-0.3, -0.25) is 23.4 Å². The lowest BCUT2D eigenvalue weighted by Crippen LogP contribution is -2.29. The van der Waals surface area contributed by atoms with Crippen molar-refractivity contribution >= 4 is 29.7 Å². The number of ether oxygens (including phenoxy) is 3. The fourth-order valence-electron chi connectivity index (χ4n) is 4.40. The first-order chi connectivity index (χ1) is 21.7. The summed E-state index contributed by atoms with van der Waals surface area (Å²) in [6.45, 7) is 6.42. The number of rotatable bonds is 28. The summed E-state index contributed by atoms with van der Waals surface area (Å²) in [6, 6.07) is 0. The Bertz CT molecular complexity index is 1110. The van der Waals surface area contributed by atoms with Gasteiger partial charge in [0.25, 0.3) is 5.56 Å². The predicted molar refractivity (Wildman–Crippen MR) is 181 cm³/mol. The van der Waals surface area contributed by atoms with E-state index in [-0.39, 0.29) is 29.9 Å². The molecule has 1 rings (SSSR count). The van der Waals surface area contributed by atoms with E-state index in [4.69, 9.17) is 23.3 Å². The lowest BCUT2D eigenvalue weighted by atomic mass is 10.0. The molecule has 0 aliphatic carbocycles. The third-order valence-corrected chi connectivity index (χ3v) is 9.18. The number of nitrogens with zero attached hydrogens (tertiary/aromatic N) is 1. The lowest BCUT2D eigenvalue weighted by Gasteiger charge is -2.17. The minimum Gasteiger partial charge on any atom is -0.432 e. The number of nitrogens with one attached hydrogen (secondary N) is 1. The van der Waals surface area contributed by atoms with E-state index in [1.165, 1.54) is 87.8 Å². The molecule has 0 amide bonds. The third kappa shape index (κ3) is 22.4. The SMILES string of the molecule is CCCCCCCCCCCCCCCCOCCCOP(=O)(C/C=C\Cn1cc(Br)c(=O)[nH]c1=O)OCOC(=O)OC(C)C. The van der Waals surface area contributed by atoms with E-state index in [2.05, 4.69) is 27.8 Å². The molecule has 1 N–H and O–H groups in total. The number of carbonyl (C=O) groups excluding carboxylic acids is 1. The van der Waals surface area contributed by atoms with Crippen LogP contribution in [0.2, 0.25) is 0 Å². The summed E-state index contributed by atoms with van der Waals surface area (Å²) in [5.74, 6) is 0. The number of aromatic nitrogens is 2. The predicted octanol–water partition coefficient (Wildman–Crippen LogP) is 8.49. The highest BCUT2D eigenvalue weighted by atomic mass is 79.9. The molecule has 1 atom stereocenters. The number of aromatic amines is 1. The van der Waals surface area contributed by atoms with Crippen LogP contribution in [0, 0.1) is 0 Å². The first-order valence-corrected chi connectivity index (χ1v) is 19.1. The third-order valence-electron chi connectivity index (χ3n) is 6.89. The Morgan fingerprint density at radius 2 is 1.44 bits per heavy atom. The Kier molecular flexibility index (Phi) is 24.2. The molecule has 0 bridgehead atoms. The molecule has 1 unspecified atom stereocenters. The van der Waals surface area contributed by atoms with Gasteiger partial charge in [-0.25, -0.2) is 9.59 Å². The van der Waals surface area contributed by atoms with Crippen LogP contribution < -0.4 is 11.2 Å². The molecular formula is C32H56BrN2O9P. The summed E-state index contributed by atoms with van der Waals surface area (Å²) in [7, 11) is -3.68. The Morgan fingerprint density at radius 3 is 2.04 bits per heavy atom. The van der Waals surface area contributed by atoms with E-state index in [9.17, 15) is 18.9 Å². The number of H-pyrrole nitrogens is 1. The molecule has 45 heavy (non-hydrogen) atoms. The normalized spacial score (nSPS) is 13.0. The maximum Gasteiger partial charge on any atom is 0.510 e. The fraction of sp³-hybridized carbons (Fsp3) is 0.781. The number of halogens is 1. The van der Waals surface area contributed by atoms with Crippen LogP contribution in [-0.2, 0) is 34.4 Å². The molecule has 0 fully saturated rings. The molecule has 1 heterocycles. The van der Waals surface area contributed by atoms with Crippen LogP contribution >= 0.6 is 23.5 Å². The lowest BCUT2D eigenvalue weighted by molar-refractivity contribution is -0.0130. The second kappa shape index (κ2) is 26.4. The van der Waals surface area contributed by atoms with E-state index in [0.717, 1.165) is 12.8 Å².